The molecule has 3 aromatic rings. The monoisotopic (exact) mass is 427 g/mol. The first-order valence-electron chi connectivity index (χ1n) is 9.55. The van der Waals surface area contributed by atoms with Crippen molar-refractivity contribution in [2.75, 3.05) is 12.4 Å². The van der Waals surface area contributed by atoms with E-state index in [1.807, 2.05) is 13.0 Å². The molecule has 2 aromatic carbocycles. The molecule has 0 saturated carbocycles. The van der Waals surface area contributed by atoms with Gasteiger partial charge in [-0.3, -0.25) is 4.79 Å². The molecule has 3 N–H and O–H groups in total. The summed E-state index contributed by atoms with van der Waals surface area (Å²) in [7, 11) is 1.51. The lowest BCUT2D eigenvalue weighted by molar-refractivity contribution is -0.118. The molecule has 0 aliphatic heterocycles. The number of amides is 1. The van der Waals surface area contributed by atoms with E-state index in [1.54, 1.807) is 48.7 Å². The first kappa shape index (κ1) is 21.6. The number of carbonyl (C=O) groups is 1. The molecule has 156 valence electrons. The van der Waals surface area contributed by atoms with Gasteiger partial charge in [-0.1, -0.05) is 42.8 Å². The molecule has 1 atom stereocenters. The number of hydrogen-bond acceptors (Lipinski definition) is 4. The van der Waals surface area contributed by atoms with Crippen LogP contribution in [0, 0.1) is 5.82 Å². The van der Waals surface area contributed by atoms with E-state index in [2.05, 4.69) is 10.3 Å². The average molecular weight is 428 g/mol. The normalized spacial score (nSPS) is 11.7. The van der Waals surface area contributed by atoms with Crippen LogP contribution in [0.5, 0.6) is 5.75 Å². The Labute approximate surface area is 180 Å². The van der Waals surface area contributed by atoms with E-state index >= 15 is 4.39 Å². The minimum Gasteiger partial charge on any atom is -0.496 e. The average Bonchev–Trinajstić information content (AvgIpc) is 2.74. The van der Waals surface area contributed by atoms with Crippen LogP contribution in [0.25, 0.3) is 11.1 Å². The summed E-state index contributed by atoms with van der Waals surface area (Å²) < 4.78 is 20.8. The number of halogens is 2. The molecule has 1 amide bonds. The molecule has 1 aromatic heterocycles. The van der Waals surface area contributed by atoms with Gasteiger partial charge < -0.3 is 15.8 Å². The van der Waals surface area contributed by atoms with Crippen LogP contribution in [0.1, 0.15) is 24.5 Å². The molecule has 5 nitrogen and oxygen atoms in total. The summed E-state index contributed by atoms with van der Waals surface area (Å²) in [4.78, 5) is 15.7. The van der Waals surface area contributed by atoms with E-state index in [-0.39, 0.29) is 5.82 Å². The predicted octanol–water partition coefficient (Wildman–Crippen LogP) is 4.82. The summed E-state index contributed by atoms with van der Waals surface area (Å²) in [6, 6.07) is 13.6. The molecule has 0 unspecified atom stereocenters. The molecule has 0 fully saturated rings. The van der Waals surface area contributed by atoms with Gasteiger partial charge in [0.25, 0.3) is 0 Å². The Balaban J connectivity index is 1.87. The fourth-order valence-corrected chi connectivity index (χ4v) is 3.40. The lowest BCUT2D eigenvalue weighted by Gasteiger charge is -2.15. The van der Waals surface area contributed by atoms with Crippen LogP contribution in [-0.2, 0) is 11.2 Å². The van der Waals surface area contributed by atoms with Gasteiger partial charge in [-0.2, -0.15) is 0 Å². The van der Waals surface area contributed by atoms with E-state index < -0.39 is 11.9 Å². The zero-order chi connectivity index (χ0) is 21.7. The molecule has 0 aliphatic carbocycles. The summed E-state index contributed by atoms with van der Waals surface area (Å²) in [5.41, 5.74) is 7.71. The van der Waals surface area contributed by atoms with Crippen molar-refractivity contribution in [2.45, 2.75) is 25.8 Å². The van der Waals surface area contributed by atoms with Gasteiger partial charge in [0.15, 0.2) is 0 Å². The Bertz CT molecular complexity index is 1040. The van der Waals surface area contributed by atoms with E-state index in [0.29, 0.717) is 46.1 Å². The van der Waals surface area contributed by atoms with Gasteiger partial charge in [0, 0.05) is 17.6 Å². The summed E-state index contributed by atoms with van der Waals surface area (Å²) in [5, 5.41) is 3.51. The highest BCUT2D eigenvalue weighted by molar-refractivity contribution is 6.30. The number of benzene rings is 2. The molecule has 0 bridgehead atoms. The van der Waals surface area contributed by atoms with Crippen LogP contribution in [0.3, 0.4) is 0 Å². The van der Waals surface area contributed by atoms with E-state index in [9.17, 15) is 4.79 Å². The number of ether oxygens (including phenoxy) is 1. The first-order chi connectivity index (χ1) is 14.4. The number of primary amides is 1. The summed E-state index contributed by atoms with van der Waals surface area (Å²) in [5.74, 6) is 0.184. The maximum atomic E-state index is 15.4. The van der Waals surface area contributed by atoms with Gasteiger partial charge >= 0.3 is 0 Å². The van der Waals surface area contributed by atoms with E-state index in [1.165, 1.54) is 7.11 Å². The maximum absolute atomic E-state index is 15.4. The lowest BCUT2D eigenvalue weighted by Crippen LogP contribution is -2.34. The number of carbonyl (C=O) groups excluding carboxylic acids is 1. The molecule has 0 saturated heterocycles. The number of nitrogens with one attached hydrogen (secondary N) is 1. The van der Waals surface area contributed by atoms with Gasteiger partial charge in [0.2, 0.25) is 5.91 Å². The molecule has 0 spiro atoms. The second-order valence-corrected chi connectivity index (χ2v) is 7.30. The van der Waals surface area contributed by atoms with Crippen LogP contribution in [0.2, 0.25) is 5.02 Å². The lowest BCUT2D eigenvalue weighted by atomic mass is 9.97. The minimum atomic E-state index is -0.484. The van der Waals surface area contributed by atoms with Crippen LogP contribution >= 0.6 is 11.6 Å². The van der Waals surface area contributed by atoms with Crippen molar-refractivity contribution in [3.05, 3.63) is 76.7 Å². The van der Waals surface area contributed by atoms with E-state index in [0.717, 1.165) is 5.56 Å². The number of methoxy groups -OCH3 is 1. The Morgan fingerprint density at radius 2 is 2.07 bits per heavy atom. The molecule has 0 aliphatic rings. The predicted molar refractivity (Wildman–Crippen MR) is 117 cm³/mol. The van der Waals surface area contributed by atoms with Crippen LogP contribution in [0.4, 0.5) is 10.2 Å². The van der Waals surface area contributed by atoms with Crippen LogP contribution < -0.4 is 15.8 Å². The highest BCUT2D eigenvalue weighted by atomic mass is 35.5. The fourth-order valence-electron chi connectivity index (χ4n) is 3.21. The molecule has 30 heavy (non-hydrogen) atoms. The molecule has 7 heteroatoms. The third-order valence-corrected chi connectivity index (χ3v) is 5.05. The Hall–Kier alpha value is -3.12. The van der Waals surface area contributed by atoms with Gasteiger partial charge in [-0.15, -0.1) is 0 Å². The zero-order valence-corrected chi connectivity index (χ0v) is 17.5. The zero-order valence-electron chi connectivity index (χ0n) is 16.8. The Morgan fingerprint density at radius 1 is 1.27 bits per heavy atom. The van der Waals surface area contributed by atoms with Crippen molar-refractivity contribution >= 4 is 23.3 Å². The Kier molecular flexibility index (Phi) is 6.90. The summed E-state index contributed by atoms with van der Waals surface area (Å²) in [6.45, 7) is 1.86. The summed E-state index contributed by atoms with van der Waals surface area (Å²) >= 11 is 6.09. The smallest absolute Gasteiger partial charge is 0.239 e. The number of rotatable bonds is 8. The standard InChI is InChI=1S/C23H23ClFN3O2/c1-3-18(23(26)29)28-20-10-7-14(13-27-20)11-16-8-9-19(30-2)21(22(16)25)15-5-4-6-17(24)12-15/h4-10,12-13,18H,3,11H2,1-2H3,(H2,26,29)(H,27,28)/t18-/m1/s1. The SMILES string of the molecule is CC[C@@H](Nc1ccc(Cc2ccc(OC)c(-c3cccc(Cl)c3)c2F)cn1)C(N)=O. The third-order valence-electron chi connectivity index (χ3n) is 4.81. The van der Waals surface area contributed by atoms with Crippen LogP contribution in [-0.4, -0.2) is 24.0 Å². The third kappa shape index (κ3) is 4.89. The van der Waals surface area contributed by atoms with Crippen molar-refractivity contribution in [1.29, 1.82) is 0 Å². The quantitative estimate of drug-likeness (QED) is 0.540. The van der Waals surface area contributed by atoms with Crippen molar-refractivity contribution in [3.63, 3.8) is 0 Å². The highest BCUT2D eigenvalue weighted by Gasteiger charge is 2.17. The second-order valence-electron chi connectivity index (χ2n) is 6.86. The second kappa shape index (κ2) is 9.59. The number of aromatic nitrogens is 1. The molecule has 3 rings (SSSR count). The molecule has 1 heterocycles. The fraction of sp³-hybridized carbons (Fsp3) is 0.217. The Morgan fingerprint density at radius 3 is 2.67 bits per heavy atom. The number of nitrogens with zero attached hydrogens (tertiary/aromatic N) is 1. The number of pyridine rings is 1. The van der Waals surface area contributed by atoms with Gasteiger partial charge in [0.05, 0.1) is 12.7 Å². The number of nitrogens with two attached hydrogens (primary N) is 1. The van der Waals surface area contributed by atoms with Gasteiger partial charge in [-0.05, 0) is 47.4 Å². The van der Waals surface area contributed by atoms with Crippen molar-refractivity contribution < 1.29 is 13.9 Å². The maximum Gasteiger partial charge on any atom is 0.239 e. The first-order valence-corrected chi connectivity index (χ1v) is 9.92. The molecular weight excluding hydrogens is 405 g/mol. The van der Waals surface area contributed by atoms with Gasteiger partial charge in [-0.25, -0.2) is 9.37 Å². The summed E-state index contributed by atoms with van der Waals surface area (Å²) in [6.07, 6.45) is 2.56. The molecule has 0 radical (unpaired) electrons. The minimum absolute atomic E-state index is 0.351. The molecular formula is C23H23ClFN3O2. The number of anilines is 1. The largest absolute Gasteiger partial charge is 0.496 e. The van der Waals surface area contributed by atoms with Gasteiger partial charge in [0.1, 0.15) is 23.4 Å². The topological polar surface area (TPSA) is 77.2 Å². The van der Waals surface area contributed by atoms with E-state index in [4.69, 9.17) is 22.1 Å². The highest BCUT2D eigenvalue weighted by Crippen LogP contribution is 2.36. The number of hydrogen-bond donors (Lipinski definition) is 2. The van der Waals surface area contributed by atoms with Crippen molar-refractivity contribution in [3.8, 4) is 16.9 Å². The van der Waals surface area contributed by atoms with Crippen molar-refractivity contribution in [1.82, 2.24) is 4.98 Å². The van der Waals surface area contributed by atoms with Crippen LogP contribution in [0.15, 0.2) is 54.7 Å². The van der Waals surface area contributed by atoms with Crippen molar-refractivity contribution in [2.24, 2.45) is 5.73 Å².